The average Bonchev–Trinajstić information content (AvgIpc) is 3.50. The predicted molar refractivity (Wildman–Crippen MR) is 153 cm³/mol. The summed E-state index contributed by atoms with van der Waals surface area (Å²) >= 11 is 1.64. The molecule has 5 nitrogen and oxygen atoms in total. The van der Waals surface area contributed by atoms with Gasteiger partial charge in [-0.05, 0) is 67.1 Å². The molecule has 0 saturated heterocycles. The highest BCUT2D eigenvalue weighted by molar-refractivity contribution is 7.16. The van der Waals surface area contributed by atoms with Crippen LogP contribution >= 0.6 is 11.3 Å². The Bertz CT molecular complexity index is 1600. The van der Waals surface area contributed by atoms with Crippen molar-refractivity contribution in [3.8, 4) is 17.0 Å². The minimum Gasteiger partial charge on any atom is -0.497 e. The number of carbonyl (C=O) groups excluding carboxylic acids is 1. The lowest BCUT2D eigenvalue weighted by Crippen LogP contribution is -2.14. The number of aromatic amines is 1. The first-order valence-corrected chi connectivity index (χ1v) is 13.3. The van der Waals surface area contributed by atoms with Crippen molar-refractivity contribution in [3.63, 3.8) is 0 Å². The Morgan fingerprint density at radius 1 is 1.00 bits per heavy atom. The van der Waals surface area contributed by atoms with Crippen LogP contribution in [0.25, 0.3) is 22.2 Å². The lowest BCUT2D eigenvalue weighted by atomic mass is 9.95. The number of hydrogen-bond acceptors (Lipinski definition) is 4. The van der Waals surface area contributed by atoms with Crippen molar-refractivity contribution < 1.29 is 9.53 Å². The van der Waals surface area contributed by atoms with E-state index >= 15 is 0 Å². The second kappa shape index (κ2) is 10.1. The lowest BCUT2D eigenvalue weighted by molar-refractivity contribution is 0.102. The normalized spacial score (nSPS) is 13.1. The Hall–Kier alpha value is -4.16. The van der Waals surface area contributed by atoms with Gasteiger partial charge in [0, 0.05) is 33.2 Å². The Morgan fingerprint density at radius 2 is 1.76 bits per heavy atom. The summed E-state index contributed by atoms with van der Waals surface area (Å²) in [7, 11) is 1.67. The molecule has 0 fully saturated rings. The van der Waals surface area contributed by atoms with E-state index in [0.717, 1.165) is 75.4 Å². The molecule has 0 radical (unpaired) electrons. The van der Waals surface area contributed by atoms with Gasteiger partial charge in [0.2, 0.25) is 0 Å². The van der Waals surface area contributed by atoms with E-state index in [1.807, 2.05) is 72.9 Å². The number of aromatic nitrogens is 1. The van der Waals surface area contributed by atoms with Crippen LogP contribution in [-0.2, 0) is 12.8 Å². The maximum atomic E-state index is 13.5. The Labute approximate surface area is 219 Å². The fourth-order valence-corrected chi connectivity index (χ4v) is 6.23. The minimum atomic E-state index is -0.0957. The van der Waals surface area contributed by atoms with Crippen LogP contribution < -0.4 is 10.1 Å². The summed E-state index contributed by atoms with van der Waals surface area (Å²) in [5.74, 6) is 0.692. The summed E-state index contributed by atoms with van der Waals surface area (Å²) in [6.07, 6.45) is 6.06. The second-order valence-electron chi connectivity index (χ2n) is 9.16. The number of aliphatic imine (C=N–C) groups is 1. The molecular weight excluding hydrogens is 478 g/mol. The van der Waals surface area contributed by atoms with E-state index in [2.05, 4.69) is 22.4 Å². The number of para-hydroxylation sites is 1. The van der Waals surface area contributed by atoms with Crippen LogP contribution in [0.5, 0.6) is 5.75 Å². The third-order valence-electron chi connectivity index (χ3n) is 6.83. The predicted octanol–water partition coefficient (Wildman–Crippen LogP) is 7.79. The van der Waals surface area contributed by atoms with Gasteiger partial charge in [-0.25, -0.2) is 4.99 Å². The van der Waals surface area contributed by atoms with Crippen LogP contribution in [-0.4, -0.2) is 24.2 Å². The molecule has 184 valence electrons. The molecule has 2 N–H and O–H groups in total. The molecule has 0 bridgehead atoms. The number of nitrogens with zero attached hydrogens (tertiary/aromatic N) is 1. The maximum absolute atomic E-state index is 13.5. The number of benzene rings is 3. The first-order chi connectivity index (χ1) is 18.2. The zero-order valence-corrected chi connectivity index (χ0v) is 21.4. The second-order valence-corrected chi connectivity index (χ2v) is 10.2. The molecule has 5 aromatic rings. The van der Waals surface area contributed by atoms with E-state index in [9.17, 15) is 4.79 Å². The molecule has 0 aliphatic heterocycles. The number of nitrogens with one attached hydrogen (secondary N) is 2. The van der Waals surface area contributed by atoms with E-state index in [1.165, 1.54) is 4.88 Å². The first kappa shape index (κ1) is 23.3. The molecule has 3 aromatic carbocycles. The number of ether oxygens (including phenoxy) is 1. The third-order valence-corrected chi connectivity index (χ3v) is 8.03. The van der Waals surface area contributed by atoms with E-state index < -0.39 is 0 Å². The Balaban J connectivity index is 1.46. The zero-order chi connectivity index (χ0) is 25.2. The number of hydrogen-bond donors (Lipinski definition) is 2. The van der Waals surface area contributed by atoms with Gasteiger partial charge in [0.25, 0.3) is 5.91 Å². The SMILES string of the molecule is COc1ccc2[nH]c(-c3ccccc3)c(C=Nc3sc4c(c3C(=O)Nc3ccccc3)CCCC4)c2c1. The van der Waals surface area contributed by atoms with Crippen LogP contribution in [0, 0.1) is 0 Å². The molecule has 6 heteroatoms. The van der Waals surface area contributed by atoms with Crippen molar-refractivity contribution in [2.75, 3.05) is 12.4 Å². The number of amides is 1. The van der Waals surface area contributed by atoms with Crippen LogP contribution in [0.1, 0.15) is 39.2 Å². The number of thiophene rings is 1. The molecule has 2 aromatic heterocycles. The fraction of sp³-hybridized carbons (Fsp3) is 0.161. The monoisotopic (exact) mass is 505 g/mol. The molecular formula is C31H27N3O2S. The van der Waals surface area contributed by atoms with Gasteiger partial charge in [-0.15, -0.1) is 11.3 Å². The molecule has 2 heterocycles. The number of H-pyrrole nitrogens is 1. The molecule has 0 unspecified atom stereocenters. The quantitative estimate of drug-likeness (QED) is 0.231. The average molecular weight is 506 g/mol. The molecule has 1 aliphatic carbocycles. The van der Waals surface area contributed by atoms with Crippen molar-refractivity contribution in [2.45, 2.75) is 25.7 Å². The van der Waals surface area contributed by atoms with Crippen LogP contribution in [0.2, 0.25) is 0 Å². The summed E-state index contributed by atoms with van der Waals surface area (Å²) < 4.78 is 5.51. The molecule has 0 atom stereocenters. The molecule has 37 heavy (non-hydrogen) atoms. The van der Waals surface area contributed by atoms with Crippen molar-refractivity contribution in [1.82, 2.24) is 4.98 Å². The van der Waals surface area contributed by atoms with Gasteiger partial charge in [0.05, 0.1) is 18.4 Å². The fourth-order valence-electron chi connectivity index (χ4n) is 5.00. The van der Waals surface area contributed by atoms with Gasteiger partial charge < -0.3 is 15.0 Å². The van der Waals surface area contributed by atoms with Gasteiger partial charge in [-0.1, -0.05) is 48.5 Å². The molecule has 1 amide bonds. The highest BCUT2D eigenvalue weighted by Crippen LogP contribution is 2.41. The topological polar surface area (TPSA) is 66.5 Å². The third kappa shape index (κ3) is 4.56. The number of rotatable bonds is 6. The number of methoxy groups -OCH3 is 1. The highest BCUT2D eigenvalue weighted by Gasteiger charge is 2.25. The highest BCUT2D eigenvalue weighted by atomic mass is 32.1. The number of fused-ring (bicyclic) bond motifs is 2. The van der Waals surface area contributed by atoms with Gasteiger partial charge in [-0.3, -0.25) is 4.79 Å². The summed E-state index contributed by atoms with van der Waals surface area (Å²) in [6.45, 7) is 0. The van der Waals surface area contributed by atoms with Gasteiger partial charge >= 0.3 is 0 Å². The Kier molecular flexibility index (Phi) is 6.33. The zero-order valence-electron chi connectivity index (χ0n) is 20.6. The van der Waals surface area contributed by atoms with Crippen LogP contribution in [0.4, 0.5) is 10.7 Å². The van der Waals surface area contributed by atoms with E-state index in [1.54, 1.807) is 18.4 Å². The van der Waals surface area contributed by atoms with Crippen molar-refractivity contribution in [3.05, 3.63) is 100 Å². The summed E-state index contributed by atoms with van der Waals surface area (Å²) in [5, 5.41) is 4.87. The first-order valence-electron chi connectivity index (χ1n) is 12.5. The molecule has 1 aliphatic rings. The van der Waals surface area contributed by atoms with E-state index in [4.69, 9.17) is 9.73 Å². The standard InChI is InChI=1S/C31H27N3O2S/c1-36-22-16-17-26-24(18-22)25(29(34-26)20-10-4-2-5-11-20)19-32-31-28(23-14-8-9-15-27(23)37-31)30(35)33-21-12-6-3-7-13-21/h2-7,10-13,16-19,34H,8-9,14-15H2,1H3,(H,33,35). The van der Waals surface area contributed by atoms with Crippen molar-refractivity contribution in [2.24, 2.45) is 4.99 Å². The van der Waals surface area contributed by atoms with E-state index in [0.29, 0.717) is 5.56 Å². The number of aryl methyl sites for hydroxylation is 1. The summed E-state index contributed by atoms with van der Waals surface area (Å²) in [4.78, 5) is 23.3. The number of anilines is 1. The smallest absolute Gasteiger partial charge is 0.259 e. The molecule has 6 rings (SSSR count). The maximum Gasteiger partial charge on any atom is 0.259 e. The summed E-state index contributed by atoms with van der Waals surface area (Å²) in [6, 6.07) is 25.9. The van der Waals surface area contributed by atoms with Crippen molar-refractivity contribution >= 4 is 45.0 Å². The van der Waals surface area contributed by atoms with Crippen molar-refractivity contribution in [1.29, 1.82) is 0 Å². The van der Waals surface area contributed by atoms with Crippen LogP contribution in [0.3, 0.4) is 0 Å². The summed E-state index contributed by atoms with van der Waals surface area (Å²) in [5.41, 5.74) is 6.69. The molecule has 0 saturated carbocycles. The van der Waals surface area contributed by atoms with E-state index in [-0.39, 0.29) is 5.91 Å². The Morgan fingerprint density at radius 3 is 2.54 bits per heavy atom. The van der Waals surface area contributed by atoms with Gasteiger partial charge in [0.1, 0.15) is 10.8 Å². The van der Waals surface area contributed by atoms with Crippen LogP contribution in [0.15, 0.2) is 83.9 Å². The number of carbonyl (C=O) groups is 1. The minimum absolute atomic E-state index is 0.0957. The largest absolute Gasteiger partial charge is 0.497 e. The lowest BCUT2D eigenvalue weighted by Gasteiger charge is -2.12. The van der Waals surface area contributed by atoms with Gasteiger partial charge in [0.15, 0.2) is 0 Å². The molecule has 0 spiro atoms. The van der Waals surface area contributed by atoms with Gasteiger partial charge in [-0.2, -0.15) is 0 Å².